The van der Waals surface area contributed by atoms with E-state index in [2.05, 4.69) is 27.0 Å². The van der Waals surface area contributed by atoms with Crippen molar-refractivity contribution in [2.45, 2.75) is 44.1 Å². The van der Waals surface area contributed by atoms with E-state index in [1.807, 2.05) is 29.8 Å². The van der Waals surface area contributed by atoms with E-state index in [4.69, 9.17) is 11.6 Å². The molecule has 1 aliphatic heterocycles. The first-order valence-corrected chi connectivity index (χ1v) is 9.64. The van der Waals surface area contributed by atoms with Crippen LogP contribution in [-0.2, 0) is 5.41 Å². The minimum atomic E-state index is -0.143. The average Bonchev–Trinajstić information content (AvgIpc) is 3.36. The number of hydrogen-bond donors (Lipinski definition) is 2. The van der Waals surface area contributed by atoms with Crippen LogP contribution in [0.5, 0.6) is 0 Å². The maximum absolute atomic E-state index is 12.7. The first-order chi connectivity index (χ1) is 12.6. The molecule has 1 saturated heterocycles. The van der Waals surface area contributed by atoms with Crippen LogP contribution in [0.25, 0.3) is 0 Å². The number of benzene rings is 1. The highest BCUT2D eigenvalue weighted by Crippen LogP contribution is 2.48. The summed E-state index contributed by atoms with van der Waals surface area (Å²) in [5.74, 6) is -0.143. The summed E-state index contributed by atoms with van der Waals surface area (Å²) < 4.78 is 1.92. The van der Waals surface area contributed by atoms with Crippen LogP contribution in [0.1, 0.15) is 53.5 Å². The lowest BCUT2D eigenvalue weighted by atomic mass is 9.96. The van der Waals surface area contributed by atoms with Crippen molar-refractivity contribution in [3.8, 4) is 0 Å². The Balaban J connectivity index is 0.00000210. The van der Waals surface area contributed by atoms with Crippen LogP contribution >= 0.6 is 24.0 Å². The number of aromatic nitrogens is 3. The molecule has 1 aromatic carbocycles. The molecule has 1 saturated carbocycles. The Labute approximate surface area is 170 Å². The van der Waals surface area contributed by atoms with E-state index in [0.717, 1.165) is 49.5 Å². The van der Waals surface area contributed by atoms with Gasteiger partial charge in [0.1, 0.15) is 0 Å². The summed E-state index contributed by atoms with van der Waals surface area (Å²) in [4.78, 5) is 12.7. The van der Waals surface area contributed by atoms with Crippen LogP contribution in [0, 0.1) is 6.92 Å². The van der Waals surface area contributed by atoms with Gasteiger partial charge in [0, 0.05) is 17.0 Å². The zero-order valence-corrected chi connectivity index (χ0v) is 16.9. The third kappa shape index (κ3) is 4.13. The van der Waals surface area contributed by atoms with E-state index in [1.165, 1.54) is 5.56 Å². The molecule has 2 N–H and O–H groups in total. The van der Waals surface area contributed by atoms with Crippen LogP contribution in [0.4, 0.5) is 0 Å². The largest absolute Gasteiger partial charge is 0.350 e. The predicted octanol–water partition coefficient (Wildman–Crippen LogP) is 3.05. The lowest BCUT2D eigenvalue weighted by Crippen LogP contribution is -2.33. The monoisotopic (exact) mass is 409 g/mol. The van der Waals surface area contributed by atoms with Crippen molar-refractivity contribution < 1.29 is 4.79 Å². The maximum atomic E-state index is 12.7. The van der Waals surface area contributed by atoms with Gasteiger partial charge in [0.25, 0.3) is 5.91 Å². The number of carbonyl (C=O) groups excluding carboxylic acids is 1. The van der Waals surface area contributed by atoms with Gasteiger partial charge in [0.2, 0.25) is 0 Å². The van der Waals surface area contributed by atoms with Crippen LogP contribution in [0.2, 0.25) is 5.02 Å². The smallest absolute Gasteiger partial charge is 0.273 e. The molecule has 0 bridgehead atoms. The summed E-state index contributed by atoms with van der Waals surface area (Å²) in [6.45, 7) is 4.49. The summed E-state index contributed by atoms with van der Waals surface area (Å²) in [5.41, 5.74) is 2.49. The minimum absolute atomic E-state index is 0. The molecule has 1 aliphatic carbocycles. The van der Waals surface area contributed by atoms with Gasteiger partial charge in [-0.1, -0.05) is 28.9 Å². The van der Waals surface area contributed by atoms with Gasteiger partial charge in [-0.3, -0.25) is 4.79 Å². The summed E-state index contributed by atoms with van der Waals surface area (Å²) in [7, 11) is 0. The minimum Gasteiger partial charge on any atom is -0.350 e. The Kier molecular flexibility index (Phi) is 6.08. The first kappa shape index (κ1) is 20.1. The van der Waals surface area contributed by atoms with E-state index in [1.54, 1.807) is 0 Å². The molecule has 0 unspecified atom stereocenters. The van der Waals surface area contributed by atoms with Crippen molar-refractivity contribution in [1.29, 1.82) is 0 Å². The lowest BCUT2D eigenvalue weighted by Gasteiger charge is -2.23. The van der Waals surface area contributed by atoms with E-state index in [-0.39, 0.29) is 23.7 Å². The highest BCUT2D eigenvalue weighted by atomic mass is 35.5. The molecule has 1 amide bonds. The molecule has 1 aromatic heterocycles. The molecule has 6 nitrogen and oxygen atoms in total. The second-order valence-corrected chi connectivity index (χ2v) is 7.86. The molecule has 0 spiro atoms. The molecule has 4 rings (SSSR count). The van der Waals surface area contributed by atoms with Gasteiger partial charge in [-0.15, -0.1) is 17.5 Å². The van der Waals surface area contributed by atoms with Gasteiger partial charge in [-0.2, -0.15) is 0 Å². The van der Waals surface area contributed by atoms with Crippen molar-refractivity contribution in [2.24, 2.45) is 0 Å². The summed E-state index contributed by atoms with van der Waals surface area (Å²) in [5, 5.41) is 15.6. The predicted molar refractivity (Wildman–Crippen MR) is 108 cm³/mol. The zero-order valence-electron chi connectivity index (χ0n) is 15.4. The second-order valence-electron chi connectivity index (χ2n) is 7.42. The lowest BCUT2D eigenvalue weighted by molar-refractivity contribution is 0.0944. The molecule has 146 valence electrons. The number of hydrogen-bond acceptors (Lipinski definition) is 4. The Morgan fingerprint density at radius 2 is 2.11 bits per heavy atom. The van der Waals surface area contributed by atoms with Crippen LogP contribution in [0.3, 0.4) is 0 Å². The van der Waals surface area contributed by atoms with Crippen molar-refractivity contribution in [3.05, 3.63) is 46.2 Å². The number of nitrogens with zero attached hydrogens (tertiary/aromatic N) is 3. The van der Waals surface area contributed by atoms with Gasteiger partial charge < -0.3 is 10.6 Å². The highest BCUT2D eigenvalue weighted by molar-refractivity contribution is 6.30. The summed E-state index contributed by atoms with van der Waals surface area (Å²) >= 11 is 6.12. The number of piperidine rings is 1. The molecule has 0 atom stereocenters. The molecule has 0 radical (unpaired) electrons. The fourth-order valence-corrected chi connectivity index (χ4v) is 4.01. The fourth-order valence-electron chi connectivity index (χ4n) is 3.82. The quantitative estimate of drug-likeness (QED) is 0.795. The molecule has 8 heteroatoms. The molecule has 27 heavy (non-hydrogen) atoms. The topological polar surface area (TPSA) is 71.8 Å². The van der Waals surface area contributed by atoms with E-state index < -0.39 is 0 Å². The Morgan fingerprint density at radius 3 is 2.78 bits per heavy atom. The van der Waals surface area contributed by atoms with Crippen LogP contribution in [0.15, 0.2) is 24.3 Å². The van der Waals surface area contributed by atoms with E-state index in [9.17, 15) is 4.79 Å². The fraction of sp³-hybridized carbons (Fsp3) is 0.526. The standard InChI is InChI=1S/C19H24ClN5O.ClH/c1-13-17(23-24-25(13)16-5-9-21-10-6-16)18(26)22-12-19(7-8-19)14-3-2-4-15(20)11-14;/h2-4,11,16,21H,5-10,12H2,1H3,(H,22,26);1H. The van der Waals surface area contributed by atoms with Crippen molar-refractivity contribution in [3.63, 3.8) is 0 Å². The summed E-state index contributed by atoms with van der Waals surface area (Å²) in [6, 6.07) is 8.26. The Morgan fingerprint density at radius 1 is 1.37 bits per heavy atom. The van der Waals surface area contributed by atoms with Crippen molar-refractivity contribution in [2.75, 3.05) is 19.6 Å². The van der Waals surface area contributed by atoms with Gasteiger partial charge in [-0.05, 0) is 63.4 Å². The van der Waals surface area contributed by atoms with Gasteiger partial charge >= 0.3 is 0 Å². The number of halogens is 2. The molecule has 2 heterocycles. The van der Waals surface area contributed by atoms with Gasteiger partial charge in [0.15, 0.2) is 5.69 Å². The first-order valence-electron chi connectivity index (χ1n) is 9.26. The highest BCUT2D eigenvalue weighted by Gasteiger charge is 2.44. The number of nitrogens with one attached hydrogen (secondary N) is 2. The molecule has 2 aliphatic rings. The van der Waals surface area contributed by atoms with Crippen molar-refractivity contribution in [1.82, 2.24) is 25.6 Å². The number of carbonyl (C=O) groups is 1. The van der Waals surface area contributed by atoms with Gasteiger partial charge in [0.05, 0.1) is 11.7 Å². The second kappa shape index (κ2) is 8.17. The summed E-state index contributed by atoms with van der Waals surface area (Å²) in [6.07, 6.45) is 4.16. The third-order valence-corrected chi connectivity index (χ3v) is 5.91. The number of rotatable bonds is 5. The van der Waals surface area contributed by atoms with Gasteiger partial charge in [-0.25, -0.2) is 4.68 Å². The van der Waals surface area contributed by atoms with E-state index in [0.29, 0.717) is 18.3 Å². The number of amides is 1. The molecule has 2 aromatic rings. The molecular formula is C19H25Cl2N5O. The Bertz CT molecular complexity index is 812. The van der Waals surface area contributed by atoms with Crippen molar-refractivity contribution >= 4 is 29.9 Å². The molecule has 2 fully saturated rings. The zero-order chi connectivity index (χ0) is 18.1. The molecular weight excluding hydrogens is 385 g/mol. The third-order valence-electron chi connectivity index (χ3n) is 5.67. The van der Waals surface area contributed by atoms with Crippen LogP contribution < -0.4 is 10.6 Å². The Hall–Kier alpha value is -1.63. The SMILES string of the molecule is Cc1c(C(=O)NCC2(c3cccc(Cl)c3)CC2)nnn1C1CCNCC1.Cl. The average molecular weight is 410 g/mol. The van der Waals surface area contributed by atoms with Crippen LogP contribution in [-0.4, -0.2) is 40.5 Å². The normalized spacial score (nSPS) is 18.6. The maximum Gasteiger partial charge on any atom is 0.273 e. The van der Waals surface area contributed by atoms with E-state index >= 15 is 0 Å².